The molecule has 6 saturated carbocycles. The summed E-state index contributed by atoms with van der Waals surface area (Å²) in [4.78, 5) is 11.8. The predicted octanol–water partition coefficient (Wildman–Crippen LogP) is 25.1. The van der Waals surface area contributed by atoms with E-state index in [0.29, 0.717) is 25.6 Å². The van der Waals surface area contributed by atoms with Crippen LogP contribution in [0.3, 0.4) is 0 Å². The Kier molecular flexibility index (Phi) is 32.4. The molecule has 0 bridgehead atoms. The Morgan fingerprint density at radius 1 is 0.351 bits per heavy atom. The number of hydrogen-bond donors (Lipinski definition) is 1. The minimum Gasteiger partial charge on any atom is -1.00 e. The summed E-state index contributed by atoms with van der Waals surface area (Å²) in [6, 6.07) is 97.2. The van der Waals surface area contributed by atoms with Crippen LogP contribution in [0.25, 0.3) is 44.5 Å². The molecule has 0 unspecified atom stereocenters. The van der Waals surface area contributed by atoms with Crippen molar-refractivity contribution in [3.63, 3.8) is 0 Å². The third kappa shape index (κ3) is 19.0. The molecule has 4 heterocycles. The van der Waals surface area contributed by atoms with E-state index >= 15 is 0 Å². The molecule has 10 aromatic rings. The third-order valence-corrected chi connectivity index (χ3v) is 33.2. The monoisotopic (exact) mass is 1870 g/mol. The molecule has 13 heteroatoms. The third-order valence-electron chi connectivity index (χ3n) is 33.2. The molecule has 0 aromatic heterocycles. The first-order valence-corrected chi connectivity index (χ1v) is 49.8. The van der Waals surface area contributed by atoms with Crippen LogP contribution in [-0.2, 0) is 53.0 Å². The average molecular weight is 1870 g/mol. The number of fused-ring (bicyclic) bond motifs is 4. The van der Waals surface area contributed by atoms with Crippen molar-refractivity contribution < 1.29 is 69.5 Å². The quantitative estimate of drug-likeness (QED) is 0.0320. The van der Waals surface area contributed by atoms with Crippen LogP contribution in [0.4, 0.5) is 0 Å². The molecule has 4 saturated heterocycles. The number of carbonyl (C=O) groups excluding carboxylic acids is 1. The van der Waals surface area contributed by atoms with Crippen molar-refractivity contribution >= 4 is 40.2 Å². The van der Waals surface area contributed by atoms with Gasteiger partial charge in [-0.2, -0.15) is 30.3 Å². The van der Waals surface area contributed by atoms with Crippen LogP contribution in [-0.4, -0.2) is 119 Å². The van der Waals surface area contributed by atoms with E-state index < -0.39 is 39.6 Å². The first-order chi connectivity index (χ1) is 64.8. The molecule has 12 aliphatic rings. The number of benzene rings is 10. The summed E-state index contributed by atoms with van der Waals surface area (Å²) in [6.07, 6.45) is 47.1. The van der Waals surface area contributed by atoms with Crippen LogP contribution in [0.2, 0.25) is 0 Å². The minimum atomic E-state index is -1.26. The van der Waals surface area contributed by atoms with Gasteiger partial charge in [0.15, 0.2) is 23.1 Å². The zero-order chi connectivity index (χ0) is 90.5. The van der Waals surface area contributed by atoms with Gasteiger partial charge in [0.1, 0.15) is 11.0 Å². The number of rotatable bonds is 21. The fourth-order valence-corrected chi connectivity index (χ4v) is 26.5. The number of allylic oxidation sites excluding steroid dienone is 8. The number of halogens is 1. The maximum atomic E-state index is 13.0. The first kappa shape index (κ1) is 98.6. The van der Waals surface area contributed by atoms with Crippen molar-refractivity contribution in [2.45, 2.75) is 245 Å². The predicted molar refractivity (Wildman–Crippen MR) is 535 cm³/mol. The fraction of sp³-hybridized carbons (Fsp3) is 0.430. The van der Waals surface area contributed by atoms with Crippen molar-refractivity contribution in [1.82, 2.24) is 0 Å². The Bertz CT molecular complexity index is 5250. The Balaban J connectivity index is 0.000000128. The normalized spacial score (nSPS) is 26.6. The van der Waals surface area contributed by atoms with E-state index in [1.54, 1.807) is 25.3 Å². The summed E-state index contributed by atoms with van der Waals surface area (Å²) in [6.45, 7) is 2.76. The topological polar surface area (TPSA) is 120 Å². The minimum absolute atomic E-state index is 0. The van der Waals surface area contributed by atoms with Gasteiger partial charge in [0, 0.05) is 76.8 Å². The van der Waals surface area contributed by atoms with Gasteiger partial charge in [-0.3, -0.25) is 4.79 Å². The zero-order valence-electron chi connectivity index (χ0n) is 79.8. The molecule has 0 radical (unpaired) electrons. The summed E-state index contributed by atoms with van der Waals surface area (Å²) in [5, 5.41) is 13.0. The van der Waals surface area contributed by atoms with Crippen LogP contribution in [0, 0.1) is 27.7 Å². The second-order valence-corrected chi connectivity index (χ2v) is 39.3. The van der Waals surface area contributed by atoms with E-state index in [2.05, 4.69) is 237 Å². The van der Waals surface area contributed by atoms with Gasteiger partial charge < -0.3 is 64.7 Å². The van der Waals surface area contributed by atoms with Gasteiger partial charge in [-0.05, 0) is 235 Å². The Morgan fingerprint density at radius 3 is 1.10 bits per heavy atom. The summed E-state index contributed by atoms with van der Waals surface area (Å²) < 4.78 is 53.7. The largest absolute Gasteiger partial charge is 2.00 e. The van der Waals surface area contributed by atoms with Crippen molar-refractivity contribution in [1.29, 1.82) is 0 Å². The molecule has 8 atom stereocenters. The molecule has 11 nitrogen and oxygen atoms in total. The van der Waals surface area contributed by atoms with E-state index in [1.807, 2.05) is 80.9 Å². The van der Waals surface area contributed by atoms with E-state index in [9.17, 15) is 9.90 Å². The molecule has 22 rings (SSSR count). The van der Waals surface area contributed by atoms with E-state index in [1.165, 1.54) is 140 Å². The maximum absolute atomic E-state index is 13.0. The summed E-state index contributed by atoms with van der Waals surface area (Å²) in [7, 11) is 8.48. The van der Waals surface area contributed by atoms with Crippen LogP contribution >= 0.6 is 0 Å². The number of methoxy groups -OCH3 is 5. The average Bonchev–Trinajstić information content (AvgIpc) is 1.52. The first-order valence-electron chi connectivity index (χ1n) is 49.8. The van der Waals surface area contributed by atoms with Gasteiger partial charge >= 0.3 is 29.0 Å². The van der Waals surface area contributed by atoms with Gasteiger partial charge in [-0.15, -0.1) is 5.56 Å². The zero-order valence-corrected chi connectivity index (χ0v) is 82.8. The molecule has 4 aliphatic heterocycles. The standard InChI is InChI=1S/C33H32O3.C33H44O2.C33H36O2.C12H9.C10H16O4.BrH.Mg/c1-35-32-22-8-21-31(32,23-24-36-32)33(34,29-17-13-27(14-18-29)25-9-4-2-5-10-25)30-19-15-28(16-20-30)26-11-6-3-7-12-26;2*1-34-33-22-8-21-32(33,23-24-35-33)31(29-17-13-27(14-18-29)25-9-4-2-5-10-25)30-19-15-28(16-20-30)26-11-6-3-7-12-26;1-3-7-11(8-4-1)12-9-5-2-6-10-12;1-12-8(11)9-4-3-5-10(9,13-2)14-7-6-9;;/h2-7,9-20,34H,8,21-24H2,1H3;13-20,25-26,31H,2-12,21-24H2,1H3;2-4,6,10,12-20,31H,5,7-9,11,21-24H2,1H3;1,3-10H;3-7H2,1-2H3;1H;/q;;;-1;;;+2/p-1/t31-,32+;2*32-,33-;;9-,10-;;/m011.1../s1. The smallest absolute Gasteiger partial charge is 1.00 e. The van der Waals surface area contributed by atoms with Crippen LogP contribution in [0.15, 0.2) is 297 Å². The van der Waals surface area contributed by atoms with Crippen molar-refractivity contribution in [2.24, 2.45) is 21.7 Å². The summed E-state index contributed by atoms with van der Waals surface area (Å²) in [5.41, 5.74) is 20.7. The Hall–Kier alpha value is -8.48. The summed E-state index contributed by atoms with van der Waals surface area (Å²) in [5.74, 6) is -0.548. The number of carbonyl (C=O) groups is 1. The summed E-state index contributed by atoms with van der Waals surface area (Å²) >= 11 is 0. The van der Waals surface area contributed by atoms with Gasteiger partial charge in [0.2, 0.25) is 0 Å². The van der Waals surface area contributed by atoms with Crippen molar-refractivity contribution in [3.8, 4) is 33.4 Å². The molecule has 0 amide bonds. The van der Waals surface area contributed by atoms with Gasteiger partial charge in [-0.1, -0.05) is 312 Å². The maximum Gasteiger partial charge on any atom is 2.00 e. The molecule has 696 valence electrons. The molecular weight excluding hydrogens is 1730 g/mol. The van der Waals surface area contributed by atoms with Crippen LogP contribution < -0.4 is 17.0 Å². The van der Waals surface area contributed by atoms with E-state index in [0.717, 1.165) is 168 Å². The molecule has 10 aromatic carbocycles. The fourth-order valence-electron chi connectivity index (χ4n) is 26.5. The van der Waals surface area contributed by atoms with Crippen LogP contribution in [0.5, 0.6) is 0 Å². The molecule has 1 N–H and O–H groups in total. The van der Waals surface area contributed by atoms with Crippen LogP contribution in [0.1, 0.15) is 272 Å². The van der Waals surface area contributed by atoms with Crippen molar-refractivity contribution in [3.05, 3.63) is 359 Å². The molecule has 0 spiro atoms. The molecule has 8 aliphatic carbocycles. The molecule has 10 fully saturated rings. The number of ether oxygens (including phenoxy) is 9. The number of hydrogen-bond acceptors (Lipinski definition) is 11. The van der Waals surface area contributed by atoms with Gasteiger partial charge in [0.05, 0.1) is 39.0 Å². The Labute approximate surface area is 824 Å². The number of esters is 1. The molecule has 134 heavy (non-hydrogen) atoms. The van der Waals surface area contributed by atoms with Gasteiger partial charge in [0.25, 0.3) is 0 Å². The second-order valence-electron chi connectivity index (χ2n) is 39.3. The van der Waals surface area contributed by atoms with Gasteiger partial charge in [-0.25, -0.2) is 0 Å². The Morgan fingerprint density at radius 2 is 0.694 bits per heavy atom. The van der Waals surface area contributed by atoms with E-state index in [-0.39, 0.29) is 62.8 Å². The SMILES string of the molecule is COC(=O)[C@]12CCC[C@@]1(OC)OCC2.CO[C@@]12CCC[C@]1(C(O)(c1ccc(-c3ccccc3)cc1)c1ccc(-c3ccccc3)cc1)CCO2.CO[C@@]12CCC[C@]1(C(c1ccc(C3=CCC=CC3)cc1)c1ccc(C3=CCC=CC3)cc1)CCO2.CO[C@@]12CCC[C@]1(C(c1ccc(C3CCCCC3)cc1)c1ccc(C3CCCCC3)cc1)CCO2.[Br-].[Mg+2].[c-]1ccc(-c2ccccc2)cc1. The van der Waals surface area contributed by atoms with E-state index in [4.69, 9.17) is 42.6 Å². The van der Waals surface area contributed by atoms with Crippen molar-refractivity contribution in [2.75, 3.05) is 62.0 Å². The molecular formula is C121H137BrMgO11. The number of aliphatic hydroxyl groups is 1. The second kappa shape index (κ2) is 44.1.